The third-order valence-electron chi connectivity index (χ3n) is 8.41. The summed E-state index contributed by atoms with van der Waals surface area (Å²) in [7, 11) is 1.43. The number of piperidine rings is 1. The Labute approximate surface area is 277 Å². The van der Waals surface area contributed by atoms with Gasteiger partial charge in [0.25, 0.3) is 5.56 Å². The minimum absolute atomic E-state index is 0.191. The van der Waals surface area contributed by atoms with Gasteiger partial charge in [0.2, 0.25) is 0 Å². The molecule has 1 aromatic carbocycles. The highest BCUT2D eigenvalue weighted by Crippen LogP contribution is 2.40. The van der Waals surface area contributed by atoms with Gasteiger partial charge in [0, 0.05) is 39.2 Å². The molecule has 2 aliphatic heterocycles. The Morgan fingerprint density at radius 2 is 1.58 bits per heavy atom. The van der Waals surface area contributed by atoms with Crippen molar-refractivity contribution in [3.05, 3.63) is 62.7 Å². The number of para-hydroxylation sites is 1. The molecule has 2 fully saturated rings. The van der Waals surface area contributed by atoms with Crippen LogP contribution in [0.1, 0.15) is 66.1 Å². The largest absolute Gasteiger partial charge is 0.443 e. The van der Waals surface area contributed by atoms with Gasteiger partial charge in [0.05, 0.1) is 28.7 Å². The number of benzene rings is 1. The van der Waals surface area contributed by atoms with Crippen LogP contribution in [0.2, 0.25) is 0 Å². The first-order chi connectivity index (χ1) is 22.4. The molecule has 266 valence electrons. The standard InChI is InChI=1S/C33H46FN3O11/c1-31(2,3)28(41)45-18-36-16-20(27(40)37(30(36)43)19-46-29(42)32(4,5)6)25-26(24(39)23(17-38)47-25)48-33(44-7)12-14-35(15-13-33)22-11-9-8-10-21(22)34/h8-11,16,23-26,38-39H,12-15,17-19H2,1-7H3/t23-,24-,25+,26-/m1/s1. The lowest BCUT2D eigenvalue weighted by Crippen LogP contribution is -2.52. The van der Waals surface area contributed by atoms with E-state index in [1.807, 2.05) is 4.90 Å². The van der Waals surface area contributed by atoms with E-state index < -0.39 is 84.3 Å². The second kappa shape index (κ2) is 14.5. The highest BCUT2D eigenvalue weighted by Gasteiger charge is 2.51. The van der Waals surface area contributed by atoms with Crippen molar-refractivity contribution in [2.24, 2.45) is 10.8 Å². The Morgan fingerprint density at radius 3 is 2.12 bits per heavy atom. The van der Waals surface area contributed by atoms with Crippen molar-refractivity contribution in [2.75, 3.05) is 31.7 Å². The number of hydrogen-bond donors (Lipinski definition) is 2. The summed E-state index contributed by atoms with van der Waals surface area (Å²) in [6.45, 7) is 8.42. The van der Waals surface area contributed by atoms with Crippen molar-refractivity contribution in [1.82, 2.24) is 9.13 Å². The number of carbonyl (C=O) groups is 2. The number of carbonyl (C=O) groups excluding carboxylic acids is 2. The maximum atomic E-state index is 14.5. The highest BCUT2D eigenvalue weighted by atomic mass is 19.1. The number of aliphatic hydroxyl groups excluding tert-OH is 2. The van der Waals surface area contributed by atoms with Gasteiger partial charge < -0.3 is 38.8 Å². The Morgan fingerprint density at radius 1 is 1.00 bits per heavy atom. The molecule has 14 nitrogen and oxygen atoms in total. The molecule has 0 bridgehead atoms. The minimum Gasteiger partial charge on any atom is -0.443 e. The molecule has 3 heterocycles. The molecule has 1 aromatic heterocycles. The summed E-state index contributed by atoms with van der Waals surface area (Å²) in [5, 5.41) is 21.3. The monoisotopic (exact) mass is 679 g/mol. The number of ether oxygens (including phenoxy) is 5. The van der Waals surface area contributed by atoms with E-state index in [2.05, 4.69) is 0 Å². The molecule has 48 heavy (non-hydrogen) atoms. The summed E-state index contributed by atoms with van der Waals surface area (Å²) in [6, 6.07) is 6.38. The number of rotatable bonds is 10. The van der Waals surface area contributed by atoms with Crippen LogP contribution in [0.3, 0.4) is 0 Å². The molecule has 0 saturated carbocycles. The average Bonchev–Trinajstić information content (AvgIpc) is 3.34. The van der Waals surface area contributed by atoms with Crippen LogP contribution in [0.4, 0.5) is 10.1 Å². The zero-order chi connectivity index (χ0) is 35.6. The molecule has 4 rings (SSSR count). The van der Waals surface area contributed by atoms with Gasteiger partial charge in [-0.1, -0.05) is 12.1 Å². The fourth-order valence-corrected chi connectivity index (χ4v) is 5.45. The van der Waals surface area contributed by atoms with E-state index in [9.17, 15) is 33.8 Å². The van der Waals surface area contributed by atoms with Gasteiger partial charge >= 0.3 is 17.6 Å². The summed E-state index contributed by atoms with van der Waals surface area (Å²) in [5.41, 5.74) is -3.45. The van der Waals surface area contributed by atoms with E-state index in [-0.39, 0.29) is 24.2 Å². The first-order valence-electron chi connectivity index (χ1n) is 15.8. The summed E-state index contributed by atoms with van der Waals surface area (Å²) < 4.78 is 45.0. The highest BCUT2D eigenvalue weighted by molar-refractivity contribution is 5.75. The lowest BCUT2D eigenvalue weighted by Gasteiger charge is -2.43. The van der Waals surface area contributed by atoms with Crippen LogP contribution in [0.25, 0.3) is 0 Å². The summed E-state index contributed by atoms with van der Waals surface area (Å²) in [5.74, 6) is -2.97. The molecule has 0 aliphatic carbocycles. The normalized spacial score (nSPS) is 22.8. The van der Waals surface area contributed by atoms with E-state index in [1.54, 1.807) is 59.7 Å². The van der Waals surface area contributed by atoms with Crippen LogP contribution in [0.15, 0.2) is 40.1 Å². The third-order valence-corrected chi connectivity index (χ3v) is 8.41. The molecule has 4 atom stereocenters. The van der Waals surface area contributed by atoms with Crippen LogP contribution in [-0.2, 0) is 46.7 Å². The molecular weight excluding hydrogens is 633 g/mol. The molecule has 2 aliphatic rings. The second-order valence-corrected chi connectivity index (χ2v) is 14.1. The Hall–Kier alpha value is -3.63. The van der Waals surface area contributed by atoms with Gasteiger partial charge in [-0.3, -0.25) is 19.0 Å². The predicted octanol–water partition coefficient (Wildman–Crippen LogP) is 2.06. The van der Waals surface area contributed by atoms with E-state index in [4.69, 9.17) is 23.7 Å². The van der Waals surface area contributed by atoms with Crippen LogP contribution in [0.5, 0.6) is 0 Å². The van der Waals surface area contributed by atoms with Gasteiger partial charge in [0.15, 0.2) is 19.2 Å². The fourth-order valence-electron chi connectivity index (χ4n) is 5.45. The van der Waals surface area contributed by atoms with E-state index in [1.165, 1.54) is 13.2 Å². The lowest BCUT2D eigenvalue weighted by molar-refractivity contribution is -0.271. The molecule has 15 heteroatoms. The van der Waals surface area contributed by atoms with Crippen molar-refractivity contribution in [1.29, 1.82) is 0 Å². The topological polar surface area (TPSA) is 168 Å². The van der Waals surface area contributed by atoms with E-state index >= 15 is 0 Å². The Balaban J connectivity index is 1.70. The number of halogens is 1. The first kappa shape index (κ1) is 37.2. The average molecular weight is 680 g/mol. The molecule has 0 spiro atoms. The van der Waals surface area contributed by atoms with Gasteiger partial charge in [-0.15, -0.1) is 0 Å². The van der Waals surface area contributed by atoms with Crippen molar-refractivity contribution in [3.8, 4) is 0 Å². The van der Waals surface area contributed by atoms with Crippen molar-refractivity contribution in [3.63, 3.8) is 0 Å². The van der Waals surface area contributed by atoms with Crippen molar-refractivity contribution >= 4 is 17.6 Å². The maximum Gasteiger partial charge on any atom is 0.336 e. The molecule has 2 N–H and O–H groups in total. The molecule has 0 amide bonds. The number of anilines is 1. The van der Waals surface area contributed by atoms with Gasteiger partial charge in [0.1, 0.15) is 30.2 Å². The fraction of sp³-hybridized carbons (Fsp3) is 0.636. The van der Waals surface area contributed by atoms with Gasteiger partial charge in [-0.2, -0.15) is 0 Å². The van der Waals surface area contributed by atoms with Gasteiger partial charge in [-0.05, 0) is 53.7 Å². The van der Waals surface area contributed by atoms with Crippen molar-refractivity contribution in [2.45, 2.75) is 98.0 Å². The molecule has 0 radical (unpaired) electrons. The zero-order valence-corrected chi connectivity index (χ0v) is 28.4. The molecule has 2 saturated heterocycles. The lowest BCUT2D eigenvalue weighted by atomic mass is 9.97. The minimum atomic E-state index is -1.44. The predicted molar refractivity (Wildman–Crippen MR) is 169 cm³/mol. The number of hydrogen-bond acceptors (Lipinski definition) is 12. The number of esters is 2. The second-order valence-electron chi connectivity index (χ2n) is 14.1. The van der Waals surface area contributed by atoms with Crippen LogP contribution < -0.4 is 16.1 Å². The molecule has 2 aromatic rings. The van der Waals surface area contributed by atoms with Gasteiger partial charge in [-0.25, -0.2) is 13.8 Å². The van der Waals surface area contributed by atoms with Crippen molar-refractivity contribution < 1.29 is 47.9 Å². The van der Waals surface area contributed by atoms with E-state index in [0.717, 1.165) is 10.8 Å². The SMILES string of the molecule is COC1(O[C@@H]2[C@H](O)[C@@H](CO)O[C@H]2c2cn(COC(=O)C(C)(C)C)c(=O)n(COC(=O)C(C)(C)C)c2=O)CCN(c2ccccc2F)CC1. The maximum absolute atomic E-state index is 14.5. The van der Waals surface area contributed by atoms with Crippen LogP contribution in [0, 0.1) is 16.6 Å². The Kier molecular flexibility index (Phi) is 11.2. The number of methoxy groups -OCH3 is 1. The zero-order valence-electron chi connectivity index (χ0n) is 28.4. The molecule has 0 unspecified atom stereocenters. The first-order valence-corrected chi connectivity index (χ1v) is 15.8. The number of aliphatic hydroxyl groups is 2. The van der Waals surface area contributed by atoms with Crippen LogP contribution >= 0.6 is 0 Å². The smallest absolute Gasteiger partial charge is 0.336 e. The summed E-state index contributed by atoms with van der Waals surface area (Å²) in [4.78, 5) is 54.3. The number of aromatic nitrogens is 2. The summed E-state index contributed by atoms with van der Waals surface area (Å²) in [6.07, 6.45) is -3.64. The van der Waals surface area contributed by atoms with E-state index in [0.29, 0.717) is 23.3 Å². The summed E-state index contributed by atoms with van der Waals surface area (Å²) >= 11 is 0. The quantitative estimate of drug-likeness (QED) is 0.278. The third kappa shape index (κ3) is 7.97. The molecular formula is C33H46FN3O11. The Bertz CT molecular complexity index is 1580. The number of nitrogens with zero attached hydrogens (tertiary/aromatic N) is 3. The van der Waals surface area contributed by atoms with Crippen LogP contribution in [-0.4, -0.2) is 82.2 Å².